The number of piperazine rings is 1. The smallest absolute Gasteiger partial charge is 0.142 e. The fraction of sp³-hybridized carbons (Fsp3) is 0.500. The highest BCUT2D eigenvalue weighted by Gasteiger charge is 2.13. The van der Waals surface area contributed by atoms with Gasteiger partial charge >= 0.3 is 0 Å². The van der Waals surface area contributed by atoms with Crippen molar-refractivity contribution in [3.05, 3.63) is 34.6 Å². The molecule has 1 N–H and O–H groups in total. The Labute approximate surface area is 106 Å². The number of hydrazine groups is 1. The van der Waals surface area contributed by atoms with Crippen LogP contribution < -0.4 is 5.43 Å². The molecule has 1 saturated heterocycles. The zero-order valence-corrected chi connectivity index (χ0v) is 10.7. The lowest BCUT2D eigenvalue weighted by molar-refractivity contribution is 0.102. The summed E-state index contributed by atoms with van der Waals surface area (Å²) in [5.41, 5.74) is 4.08. The fourth-order valence-corrected chi connectivity index (χ4v) is 2.04. The number of nitrogens with one attached hydrogen (secondary N) is 1. The van der Waals surface area contributed by atoms with Gasteiger partial charge in [-0.1, -0.05) is 23.7 Å². The predicted octanol–water partition coefficient (Wildman–Crippen LogP) is 1.73. The summed E-state index contributed by atoms with van der Waals surface area (Å²) in [5, 5.41) is 2.37. The molecule has 1 fully saturated rings. The molecule has 0 spiro atoms. The van der Waals surface area contributed by atoms with E-state index >= 15 is 0 Å². The van der Waals surface area contributed by atoms with Crippen LogP contribution in [0.5, 0.6) is 0 Å². The zero-order chi connectivity index (χ0) is 12.3. The van der Waals surface area contributed by atoms with Crippen LogP contribution in [0.25, 0.3) is 0 Å². The maximum Gasteiger partial charge on any atom is 0.142 e. The Balaban J connectivity index is 1.87. The molecule has 1 aromatic carbocycles. The van der Waals surface area contributed by atoms with E-state index in [-0.39, 0.29) is 10.8 Å². The second-order valence-corrected chi connectivity index (χ2v) is 4.72. The summed E-state index contributed by atoms with van der Waals surface area (Å²) in [7, 11) is 2.11. The van der Waals surface area contributed by atoms with E-state index in [9.17, 15) is 4.39 Å². The number of hydrogen-bond acceptors (Lipinski definition) is 3. The predicted molar refractivity (Wildman–Crippen MR) is 67.3 cm³/mol. The molecule has 0 aliphatic carbocycles. The summed E-state index contributed by atoms with van der Waals surface area (Å²) in [6.45, 7) is 4.61. The average Bonchev–Trinajstić information content (AvgIpc) is 2.33. The van der Waals surface area contributed by atoms with E-state index in [1.54, 1.807) is 6.07 Å². The van der Waals surface area contributed by atoms with Crippen LogP contribution in [0.1, 0.15) is 5.56 Å². The van der Waals surface area contributed by atoms with Gasteiger partial charge in [0.2, 0.25) is 0 Å². The van der Waals surface area contributed by atoms with E-state index in [1.165, 1.54) is 6.07 Å². The van der Waals surface area contributed by atoms with Crippen molar-refractivity contribution in [2.24, 2.45) is 0 Å². The largest absolute Gasteiger partial charge is 0.304 e. The fourth-order valence-electron chi connectivity index (χ4n) is 1.85. The molecule has 17 heavy (non-hydrogen) atoms. The van der Waals surface area contributed by atoms with Crippen LogP contribution in [-0.2, 0) is 6.54 Å². The van der Waals surface area contributed by atoms with Gasteiger partial charge < -0.3 is 4.90 Å². The van der Waals surface area contributed by atoms with Crippen LogP contribution in [0.3, 0.4) is 0 Å². The van der Waals surface area contributed by atoms with Gasteiger partial charge in [0.05, 0.1) is 5.02 Å². The van der Waals surface area contributed by atoms with Crippen LogP contribution in [0.15, 0.2) is 18.2 Å². The molecule has 0 bridgehead atoms. The first-order chi connectivity index (χ1) is 8.16. The average molecular weight is 258 g/mol. The molecule has 1 heterocycles. The van der Waals surface area contributed by atoms with Crippen molar-refractivity contribution in [1.82, 2.24) is 15.3 Å². The second-order valence-electron chi connectivity index (χ2n) is 4.34. The maximum absolute atomic E-state index is 13.2. The molecule has 0 saturated carbocycles. The summed E-state index contributed by atoms with van der Waals surface area (Å²) in [4.78, 5) is 2.29. The molecule has 2 rings (SSSR count). The molecule has 3 nitrogen and oxygen atoms in total. The molecule has 0 radical (unpaired) electrons. The van der Waals surface area contributed by atoms with Gasteiger partial charge in [-0.15, -0.1) is 0 Å². The molecular weight excluding hydrogens is 241 g/mol. The summed E-state index contributed by atoms with van der Waals surface area (Å²) < 4.78 is 13.2. The minimum Gasteiger partial charge on any atom is -0.304 e. The Kier molecular flexibility index (Phi) is 4.34. The maximum atomic E-state index is 13.2. The lowest BCUT2D eigenvalue weighted by Gasteiger charge is -2.32. The molecule has 5 heteroatoms. The van der Waals surface area contributed by atoms with Crippen molar-refractivity contribution in [3.8, 4) is 0 Å². The molecule has 1 aliphatic rings. The Morgan fingerprint density at radius 3 is 2.71 bits per heavy atom. The third kappa shape index (κ3) is 3.39. The number of benzene rings is 1. The molecule has 94 valence electrons. The monoisotopic (exact) mass is 257 g/mol. The number of halogens is 2. The van der Waals surface area contributed by atoms with E-state index in [0.29, 0.717) is 6.54 Å². The molecule has 1 aromatic rings. The summed E-state index contributed by atoms with van der Waals surface area (Å²) in [6, 6.07) is 4.90. The normalized spacial score (nSPS) is 18.5. The summed E-state index contributed by atoms with van der Waals surface area (Å²) >= 11 is 5.89. The standard InChI is InChI=1S/C12H17ClFN3/c1-16-5-7-17(8-6-16)15-9-10-3-2-4-11(14)12(10)13/h2-4,15H,5-9H2,1H3. The topological polar surface area (TPSA) is 18.5 Å². The van der Waals surface area contributed by atoms with Gasteiger partial charge in [0.15, 0.2) is 0 Å². The van der Waals surface area contributed by atoms with Gasteiger partial charge in [-0.05, 0) is 18.7 Å². The van der Waals surface area contributed by atoms with E-state index in [1.807, 2.05) is 6.07 Å². The van der Waals surface area contributed by atoms with Gasteiger partial charge in [-0.2, -0.15) is 0 Å². The number of nitrogens with zero attached hydrogens (tertiary/aromatic N) is 2. The second kappa shape index (κ2) is 5.78. The Hall–Kier alpha value is -0.680. The highest BCUT2D eigenvalue weighted by molar-refractivity contribution is 6.31. The van der Waals surface area contributed by atoms with Crippen molar-refractivity contribution in [2.45, 2.75) is 6.54 Å². The third-order valence-corrected chi connectivity index (χ3v) is 3.45. The highest BCUT2D eigenvalue weighted by atomic mass is 35.5. The van der Waals surface area contributed by atoms with Gasteiger partial charge in [0, 0.05) is 32.7 Å². The zero-order valence-electron chi connectivity index (χ0n) is 9.92. The first-order valence-corrected chi connectivity index (χ1v) is 6.14. The van der Waals surface area contributed by atoms with Gasteiger partial charge in [-0.25, -0.2) is 9.40 Å². The van der Waals surface area contributed by atoms with Crippen LogP contribution in [0.4, 0.5) is 4.39 Å². The van der Waals surface area contributed by atoms with Crippen molar-refractivity contribution < 1.29 is 4.39 Å². The van der Waals surface area contributed by atoms with E-state index in [0.717, 1.165) is 31.7 Å². The minimum absolute atomic E-state index is 0.217. The van der Waals surface area contributed by atoms with Crippen molar-refractivity contribution in [1.29, 1.82) is 0 Å². The molecule has 1 aliphatic heterocycles. The van der Waals surface area contributed by atoms with Crippen molar-refractivity contribution in [3.63, 3.8) is 0 Å². The number of rotatable bonds is 3. The quantitative estimate of drug-likeness (QED) is 0.890. The van der Waals surface area contributed by atoms with Crippen LogP contribution in [0, 0.1) is 5.82 Å². The lowest BCUT2D eigenvalue weighted by atomic mass is 10.2. The van der Waals surface area contributed by atoms with E-state index in [4.69, 9.17) is 11.6 Å². The van der Waals surface area contributed by atoms with Crippen LogP contribution >= 0.6 is 11.6 Å². The molecule has 0 atom stereocenters. The molecule has 0 unspecified atom stereocenters. The van der Waals surface area contributed by atoms with Gasteiger partial charge in [-0.3, -0.25) is 5.43 Å². The van der Waals surface area contributed by atoms with Crippen molar-refractivity contribution >= 4 is 11.6 Å². The summed E-state index contributed by atoms with van der Waals surface area (Å²) in [6.07, 6.45) is 0. The lowest BCUT2D eigenvalue weighted by Crippen LogP contribution is -2.50. The highest BCUT2D eigenvalue weighted by Crippen LogP contribution is 2.19. The van der Waals surface area contributed by atoms with Gasteiger partial charge in [0.1, 0.15) is 5.82 Å². The third-order valence-electron chi connectivity index (χ3n) is 3.03. The van der Waals surface area contributed by atoms with E-state index in [2.05, 4.69) is 22.4 Å². The minimum atomic E-state index is -0.357. The SMILES string of the molecule is CN1CCN(NCc2cccc(F)c2Cl)CC1. The Morgan fingerprint density at radius 2 is 2.00 bits per heavy atom. The first-order valence-electron chi connectivity index (χ1n) is 5.76. The molecule has 0 amide bonds. The Bertz CT molecular complexity index is 378. The molecular formula is C12H17ClFN3. The molecule has 0 aromatic heterocycles. The number of likely N-dealkylation sites (N-methyl/N-ethyl adjacent to an activating group) is 1. The number of hydrogen-bond donors (Lipinski definition) is 1. The van der Waals surface area contributed by atoms with Gasteiger partial charge in [0.25, 0.3) is 0 Å². The summed E-state index contributed by atoms with van der Waals surface area (Å²) in [5.74, 6) is -0.357. The first kappa shape index (κ1) is 12.8. The Morgan fingerprint density at radius 1 is 1.29 bits per heavy atom. The van der Waals surface area contributed by atoms with Crippen molar-refractivity contribution in [2.75, 3.05) is 33.2 Å². The van der Waals surface area contributed by atoms with E-state index < -0.39 is 0 Å². The van der Waals surface area contributed by atoms with Crippen LogP contribution in [-0.4, -0.2) is 43.1 Å². The van der Waals surface area contributed by atoms with Crippen LogP contribution in [0.2, 0.25) is 5.02 Å².